The Bertz CT molecular complexity index is 1130. The summed E-state index contributed by atoms with van der Waals surface area (Å²) in [6.45, 7) is 5.42. The summed E-state index contributed by atoms with van der Waals surface area (Å²) in [5.41, 5.74) is 3.42. The molecular formula is C22H22N2O5. The van der Waals surface area contributed by atoms with Crippen LogP contribution in [0.2, 0.25) is 0 Å². The molecule has 0 aliphatic rings. The highest BCUT2D eigenvalue weighted by molar-refractivity contribution is 6.02. The summed E-state index contributed by atoms with van der Waals surface area (Å²) in [7, 11) is 0. The van der Waals surface area contributed by atoms with Gasteiger partial charge in [0.2, 0.25) is 0 Å². The molecule has 2 aromatic carbocycles. The van der Waals surface area contributed by atoms with Crippen LogP contribution in [0.5, 0.6) is 5.75 Å². The highest BCUT2D eigenvalue weighted by atomic mass is 16.5. The lowest BCUT2D eigenvalue weighted by Gasteiger charge is -2.11. The minimum Gasteiger partial charge on any atom is -0.484 e. The lowest BCUT2D eigenvalue weighted by atomic mass is 10.1. The molecule has 0 atom stereocenters. The van der Waals surface area contributed by atoms with Gasteiger partial charge in [-0.3, -0.25) is 10.1 Å². The van der Waals surface area contributed by atoms with Crippen LogP contribution in [0.15, 0.2) is 51.7 Å². The molecule has 3 rings (SSSR count). The van der Waals surface area contributed by atoms with Crippen molar-refractivity contribution in [2.45, 2.75) is 27.2 Å². The van der Waals surface area contributed by atoms with E-state index in [1.165, 1.54) is 6.07 Å². The van der Waals surface area contributed by atoms with E-state index in [0.29, 0.717) is 23.4 Å². The Kier molecular flexibility index (Phi) is 5.97. The zero-order valence-corrected chi connectivity index (χ0v) is 16.5. The minimum absolute atomic E-state index is 0.358. The van der Waals surface area contributed by atoms with E-state index in [9.17, 15) is 14.4 Å². The molecule has 7 nitrogen and oxygen atoms in total. The van der Waals surface area contributed by atoms with Gasteiger partial charge in [0.15, 0.2) is 6.61 Å². The second-order valence-electron chi connectivity index (χ2n) is 6.64. The van der Waals surface area contributed by atoms with Crippen molar-refractivity contribution in [1.82, 2.24) is 5.32 Å². The number of amides is 3. The molecule has 1 heterocycles. The molecule has 0 unspecified atom stereocenters. The van der Waals surface area contributed by atoms with Gasteiger partial charge in [-0.2, -0.15) is 0 Å². The predicted molar refractivity (Wildman–Crippen MR) is 110 cm³/mol. The van der Waals surface area contributed by atoms with E-state index >= 15 is 0 Å². The van der Waals surface area contributed by atoms with Gasteiger partial charge < -0.3 is 14.5 Å². The van der Waals surface area contributed by atoms with Crippen LogP contribution >= 0.6 is 0 Å². The summed E-state index contributed by atoms with van der Waals surface area (Å²) in [4.78, 5) is 35.7. The van der Waals surface area contributed by atoms with E-state index in [1.807, 2.05) is 32.9 Å². The molecule has 0 fully saturated rings. The quantitative estimate of drug-likeness (QED) is 0.643. The van der Waals surface area contributed by atoms with E-state index in [1.54, 1.807) is 24.3 Å². The Morgan fingerprint density at radius 1 is 1.10 bits per heavy atom. The van der Waals surface area contributed by atoms with Crippen LogP contribution in [-0.4, -0.2) is 18.5 Å². The molecular weight excluding hydrogens is 372 g/mol. The molecule has 150 valence electrons. The van der Waals surface area contributed by atoms with Crippen LogP contribution in [-0.2, 0) is 11.2 Å². The van der Waals surface area contributed by atoms with Crippen molar-refractivity contribution in [2.75, 3.05) is 11.9 Å². The standard InChI is InChI=1S/C22H22N2O5/c1-4-15-10-21(26)29-19-11-16(8-9-17(15)19)28-12-20(25)24-22(27)23-18-7-5-6-13(2)14(18)3/h5-11H,4,12H2,1-3H3,(H2,23,24,25,27). The molecule has 7 heteroatoms. The summed E-state index contributed by atoms with van der Waals surface area (Å²) >= 11 is 0. The zero-order chi connectivity index (χ0) is 21.0. The minimum atomic E-state index is -0.635. The highest BCUT2D eigenvalue weighted by Crippen LogP contribution is 2.23. The van der Waals surface area contributed by atoms with E-state index in [-0.39, 0.29) is 6.61 Å². The van der Waals surface area contributed by atoms with Crippen molar-refractivity contribution < 1.29 is 18.7 Å². The van der Waals surface area contributed by atoms with Crippen molar-refractivity contribution in [1.29, 1.82) is 0 Å². The summed E-state index contributed by atoms with van der Waals surface area (Å²) in [5.74, 6) is -0.240. The maximum Gasteiger partial charge on any atom is 0.336 e. The number of imide groups is 1. The third-order valence-corrected chi connectivity index (χ3v) is 4.66. The monoisotopic (exact) mass is 394 g/mol. The number of urea groups is 1. The first-order chi connectivity index (χ1) is 13.9. The molecule has 0 bridgehead atoms. The maximum absolute atomic E-state index is 12.0. The Labute approximate surface area is 167 Å². The van der Waals surface area contributed by atoms with Crippen LogP contribution < -0.4 is 21.0 Å². The lowest BCUT2D eigenvalue weighted by molar-refractivity contribution is -0.121. The Morgan fingerprint density at radius 2 is 1.90 bits per heavy atom. The van der Waals surface area contributed by atoms with Gasteiger partial charge in [0, 0.05) is 23.2 Å². The first-order valence-corrected chi connectivity index (χ1v) is 9.24. The fourth-order valence-corrected chi connectivity index (χ4v) is 2.94. The van der Waals surface area contributed by atoms with Crippen molar-refractivity contribution in [3.8, 4) is 5.75 Å². The summed E-state index contributed by atoms with van der Waals surface area (Å²) in [6.07, 6.45) is 0.695. The molecule has 1 aromatic heterocycles. The van der Waals surface area contributed by atoms with E-state index in [2.05, 4.69) is 10.6 Å². The fraction of sp³-hybridized carbons (Fsp3) is 0.227. The van der Waals surface area contributed by atoms with Crippen LogP contribution in [0.3, 0.4) is 0 Å². The number of rotatable bonds is 5. The average Bonchev–Trinajstić information content (AvgIpc) is 2.68. The number of carbonyl (C=O) groups excluding carboxylic acids is 2. The van der Waals surface area contributed by atoms with Gasteiger partial charge in [0.1, 0.15) is 11.3 Å². The molecule has 3 aromatic rings. The zero-order valence-electron chi connectivity index (χ0n) is 16.5. The highest BCUT2D eigenvalue weighted by Gasteiger charge is 2.11. The van der Waals surface area contributed by atoms with Crippen LogP contribution in [0.4, 0.5) is 10.5 Å². The first-order valence-electron chi connectivity index (χ1n) is 9.24. The summed E-state index contributed by atoms with van der Waals surface area (Å²) < 4.78 is 10.6. The van der Waals surface area contributed by atoms with Gasteiger partial charge in [-0.15, -0.1) is 0 Å². The second-order valence-corrected chi connectivity index (χ2v) is 6.64. The van der Waals surface area contributed by atoms with Gasteiger partial charge in [-0.05, 0) is 55.2 Å². The predicted octanol–water partition coefficient (Wildman–Crippen LogP) is 3.70. The molecule has 0 saturated heterocycles. The topological polar surface area (TPSA) is 97.6 Å². The number of hydrogen-bond acceptors (Lipinski definition) is 5. The first kappa shape index (κ1) is 20.1. The third kappa shape index (κ3) is 4.82. The second kappa shape index (κ2) is 8.60. The fourth-order valence-electron chi connectivity index (χ4n) is 2.94. The lowest BCUT2D eigenvalue weighted by Crippen LogP contribution is -2.37. The Morgan fingerprint density at radius 3 is 2.66 bits per heavy atom. The number of ether oxygens (including phenoxy) is 1. The van der Waals surface area contributed by atoms with E-state index in [4.69, 9.17) is 9.15 Å². The smallest absolute Gasteiger partial charge is 0.336 e. The maximum atomic E-state index is 12.0. The molecule has 0 aliphatic heterocycles. The van der Waals surface area contributed by atoms with Gasteiger partial charge in [0.25, 0.3) is 5.91 Å². The van der Waals surface area contributed by atoms with Crippen molar-refractivity contribution >= 4 is 28.6 Å². The van der Waals surface area contributed by atoms with E-state index in [0.717, 1.165) is 22.1 Å². The molecule has 0 saturated carbocycles. The Balaban J connectivity index is 1.61. The molecule has 0 radical (unpaired) electrons. The third-order valence-electron chi connectivity index (χ3n) is 4.66. The Hall–Kier alpha value is -3.61. The summed E-state index contributed by atoms with van der Waals surface area (Å²) in [6, 6.07) is 11.4. The molecule has 2 N–H and O–H groups in total. The van der Waals surface area contributed by atoms with Crippen molar-refractivity contribution in [3.05, 3.63) is 69.6 Å². The molecule has 0 aliphatic carbocycles. The van der Waals surface area contributed by atoms with Gasteiger partial charge in [0.05, 0.1) is 0 Å². The average molecular weight is 394 g/mol. The number of benzene rings is 2. The number of anilines is 1. The summed E-state index contributed by atoms with van der Waals surface area (Å²) in [5, 5.41) is 5.69. The van der Waals surface area contributed by atoms with Gasteiger partial charge in [-0.25, -0.2) is 9.59 Å². The van der Waals surface area contributed by atoms with Crippen molar-refractivity contribution in [3.63, 3.8) is 0 Å². The molecule has 0 spiro atoms. The van der Waals surface area contributed by atoms with E-state index < -0.39 is 17.6 Å². The number of carbonyl (C=O) groups is 2. The van der Waals surface area contributed by atoms with Crippen LogP contribution in [0, 0.1) is 13.8 Å². The van der Waals surface area contributed by atoms with Crippen LogP contribution in [0.1, 0.15) is 23.6 Å². The largest absolute Gasteiger partial charge is 0.484 e. The van der Waals surface area contributed by atoms with Gasteiger partial charge in [-0.1, -0.05) is 19.1 Å². The number of nitrogens with one attached hydrogen (secondary N) is 2. The number of fused-ring (bicyclic) bond motifs is 1. The van der Waals surface area contributed by atoms with Gasteiger partial charge >= 0.3 is 11.7 Å². The number of aryl methyl sites for hydroxylation is 2. The molecule has 3 amide bonds. The normalized spacial score (nSPS) is 10.6. The SMILES string of the molecule is CCc1cc(=O)oc2cc(OCC(=O)NC(=O)Nc3cccc(C)c3C)ccc12. The number of hydrogen-bond donors (Lipinski definition) is 2. The van der Waals surface area contributed by atoms with Crippen molar-refractivity contribution in [2.24, 2.45) is 0 Å². The van der Waals surface area contributed by atoms with Crippen LogP contribution in [0.25, 0.3) is 11.0 Å². The molecule has 29 heavy (non-hydrogen) atoms.